The molecule has 0 radical (unpaired) electrons. The summed E-state index contributed by atoms with van der Waals surface area (Å²) in [5.41, 5.74) is 0. The van der Waals surface area contributed by atoms with Gasteiger partial charge in [0.25, 0.3) is 0 Å². The molecule has 2 unspecified atom stereocenters. The molecule has 42 valence electrons. The van der Waals surface area contributed by atoms with Crippen LogP contribution in [0.1, 0.15) is 13.8 Å². The molecule has 0 aromatic heterocycles. The minimum Gasteiger partial charge on any atom is -0.264 e. The second-order valence-electron chi connectivity index (χ2n) is 2.16. The maximum absolute atomic E-state index is 3.90. The highest BCUT2D eigenvalue weighted by Crippen LogP contribution is 2.02. The molecule has 0 aliphatic rings. The molecule has 0 heterocycles. The average Bonchev–Trinajstić information content (AvgIpc) is 1.65. The molecule has 0 amide bonds. The molecule has 0 aliphatic heterocycles. The first-order chi connectivity index (χ1) is 3.18. The first kappa shape index (κ1) is 7.37. The highest BCUT2D eigenvalue weighted by molar-refractivity contribution is 7.78. The van der Waals surface area contributed by atoms with Crippen molar-refractivity contribution in [2.24, 2.45) is 0 Å². The Hall–Kier alpha value is 0.375. The van der Waals surface area contributed by atoms with Crippen molar-refractivity contribution in [2.75, 3.05) is 0 Å². The van der Waals surface area contributed by atoms with E-state index in [9.17, 15) is 0 Å². The van der Waals surface area contributed by atoms with Crippen LogP contribution in [0, 0.1) is 0 Å². The van der Waals surface area contributed by atoms with E-state index in [1.165, 1.54) is 0 Å². The smallest absolute Gasteiger partial charge is 0.107 e. The fraction of sp³-hybridized carbons (Fsp3) is 1.00. The Balaban J connectivity index is 3.14. The fourth-order valence-electron chi connectivity index (χ4n) is 0.149. The van der Waals surface area contributed by atoms with Gasteiger partial charge in [-0.3, -0.25) is 4.72 Å². The van der Waals surface area contributed by atoms with Gasteiger partial charge in [-0.25, -0.2) is 0 Å². The molecule has 0 fully saturated rings. The Kier molecular flexibility index (Phi) is 3.57. The minimum atomic E-state index is 0.517. The van der Waals surface area contributed by atoms with Crippen LogP contribution in [0.15, 0.2) is 0 Å². The third-order valence-electron chi connectivity index (χ3n) is 1.20. The molecule has 3 heteroatoms. The summed E-state index contributed by atoms with van der Waals surface area (Å²) in [5.74, 6) is 0.678. The van der Waals surface area contributed by atoms with Crippen molar-refractivity contribution in [3.05, 3.63) is 0 Å². The van der Waals surface area contributed by atoms with E-state index in [-0.39, 0.29) is 0 Å². The molecule has 1 N–H and O–H groups in total. The lowest BCUT2D eigenvalue weighted by molar-refractivity contribution is 0.670. The summed E-state index contributed by atoms with van der Waals surface area (Å²) in [4.78, 5) is 0. The number of rotatable bonds is 2. The molecule has 0 rings (SSSR count). The molecule has 0 aromatic rings. The van der Waals surface area contributed by atoms with E-state index in [2.05, 4.69) is 39.2 Å². The highest BCUT2D eigenvalue weighted by Gasteiger charge is 2.01. The molecule has 0 saturated carbocycles. The van der Waals surface area contributed by atoms with E-state index >= 15 is 0 Å². The lowest BCUT2D eigenvalue weighted by atomic mass is 9.84. The summed E-state index contributed by atoms with van der Waals surface area (Å²) in [6, 6.07) is 0.517. The molecular formula is C4H12BNS. The Morgan fingerprint density at radius 3 is 2.00 bits per heavy atom. The summed E-state index contributed by atoms with van der Waals surface area (Å²) in [5, 5.41) is 0. The lowest BCUT2D eigenvalue weighted by Gasteiger charge is -2.11. The number of nitrogens with one attached hydrogen (secondary N) is 1. The van der Waals surface area contributed by atoms with Gasteiger partial charge < -0.3 is 0 Å². The van der Waals surface area contributed by atoms with Crippen LogP contribution in [0.2, 0.25) is 5.82 Å². The van der Waals surface area contributed by atoms with Crippen molar-refractivity contribution >= 4 is 20.7 Å². The van der Waals surface area contributed by atoms with Crippen molar-refractivity contribution in [2.45, 2.75) is 25.7 Å². The third kappa shape index (κ3) is 3.00. The lowest BCUT2D eigenvalue weighted by Crippen LogP contribution is -2.20. The Morgan fingerprint density at radius 1 is 1.57 bits per heavy atom. The van der Waals surface area contributed by atoms with Crippen LogP contribution in [0.4, 0.5) is 0 Å². The van der Waals surface area contributed by atoms with Crippen LogP contribution in [-0.4, -0.2) is 13.9 Å². The van der Waals surface area contributed by atoms with Crippen LogP contribution in [-0.2, 0) is 0 Å². The van der Waals surface area contributed by atoms with E-state index in [1.54, 1.807) is 0 Å². The van der Waals surface area contributed by atoms with Crippen molar-refractivity contribution in [1.82, 2.24) is 4.72 Å². The van der Waals surface area contributed by atoms with Crippen LogP contribution in [0.3, 0.4) is 0 Å². The molecule has 2 atom stereocenters. The summed E-state index contributed by atoms with van der Waals surface area (Å²) in [6.45, 7) is 4.27. The van der Waals surface area contributed by atoms with E-state index in [0.29, 0.717) is 11.9 Å². The van der Waals surface area contributed by atoms with Crippen molar-refractivity contribution in [3.8, 4) is 0 Å². The van der Waals surface area contributed by atoms with Crippen molar-refractivity contribution in [3.63, 3.8) is 0 Å². The normalized spacial score (nSPS) is 18.7. The van der Waals surface area contributed by atoms with Gasteiger partial charge in [0.15, 0.2) is 0 Å². The quantitative estimate of drug-likeness (QED) is 0.390. The van der Waals surface area contributed by atoms with Crippen LogP contribution >= 0.6 is 12.8 Å². The monoisotopic (exact) mass is 117 g/mol. The maximum atomic E-state index is 3.90. The highest BCUT2D eigenvalue weighted by atomic mass is 32.1. The standard InChI is InChI=1S/C4H12BNS/c1-3(5)4(2)6-7/h3-4,6-7H,5H2,1-2H3. The van der Waals surface area contributed by atoms with E-state index < -0.39 is 0 Å². The summed E-state index contributed by atoms with van der Waals surface area (Å²) in [7, 11) is 2.16. The van der Waals surface area contributed by atoms with Crippen molar-refractivity contribution < 1.29 is 0 Å². The fourth-order valence-corrected chi connectivity index (χ4v) is 0.447. The number of thiol groups is 1. The Morgan fingerprint density at radius 2 is 2.00 bits per heavy atom. The number of hydrogen-bond acceptors (Lipinski definition) is 2. The molecule has 0 saturated heterocycles. The average molecular weight is 117 g/mol. The van der Waals surface area contributed by atoms with Gasteiger partial charge in [0.05, 0.1) is 0 Å². The largest absolute Gasteiger partial charge is 0.264 e. The van der Waals surface area contributed by atoms with E-state index in [0.717, 1.165) is 0 Å². The van der Waals surface area contributed by atoms with Crippen LogP contribution in [0.25, 0.3) is 0 Å². The van der Waals surface area contributed by atoms with E-state index in [1.807, 2.05) is 0 Å². The van der Waals surface area contributed by atoms with Gasteiger partial charge in [0, 0.05) is 6.04 Å². The molecule has 0 aliphatic carbocycles. The third-order valence-corrected chi connectivity index (χ3v) is 1.61. The predicted molar refractivity (Wildman–Crippen MR) is 39.6 cm³/mol. The van der Waals surface area contributed by atoms with Gasteiger partial charge in [-0.05, 0) is 6.92 Å². The van der Waals surface area contributed by atoms with Crippen LogP contribution in [0.5, 0.6) is 0 Å². The van der Waals surface area contributed by atoms with Gasteiger partial charge in [-0.15, -0.1) is 0 Å². The van der Waals surface area contributed by atoms with E-state index in [4.69, 9.17) is 0 Å². The first-order valence-electron chi connectivity index (χ1n) is 2.58. The Labute approximate surface area is 51.8 Å². The maximum Gasteiger partial charge on any atom is 0.107 e. The van der Waals surface area contributed by atoms with Gasteiger partial charge in [0.1, 0.15) is 7.85 Å². The van der Waals surface area contributed by atoms with Crippen LogP contribution < -0.4 is 4.72 Å². The number of hydrogen-bond donors (Lipinski definition) is 2. The zero-order valence-corrected chi connectivity index (χ0v) is 6.00. The second-order valence-corrected chi connectivity index (χ2v) is 2.42. The molecule has 0 spiro atoms. The second kappa shape index (κ2) is 3.39. The zero-order valence-electron chi connectivity index (χ0n) is 5.10. The predicted octanol–water partition coefficient (Wildman–Crippen LogP) is 0.251. The zero-order chi connectivity index (χ0) is 5.86. The molecule has 0 bridgehead atoms. The minimum absolute atomic E-state index is 0.517. The SMILES string of the molecule is BC(C)C(C)NS. The van der Waals surface area contributed by atoms with Gasteiger partial charge >= 0.3 is 0 Å². The van der Waals surface area contributed by atoms with Crippen molar-refractivity contribution in [1.29, 1.82) is 0 Å². The molecule has 7 heavy (non-hydrogen) atoms. The summed E-state index contributed by atoms with van der Waals surface area (Å²) < 4.78 is 2.86. The summed E-state index contributed by atoms with van der Waals surface area (Å²) >= 11 is 3.90. The molecule has 0 aromatic carbocycles. The molecular weight excluding hydrogens is 105 g/mol. The van der Waals surface area contributed by atoms with Gasteiger partial charge in [0.2, 0.25) is 0 Å². The summed E-state index contributed by atoms with van der Waals surface area (Å²) in [6.07, 6.45) is 0. The topological polar surface area (TPSA) is 12.0 Å². The van der Waals surface area contributed by atoms with Gasteiger partial charge in [-0.1, -0.05) is 25.6 Å². The molecule has 1 nitrogen and oxygen atoms in total. The first-order valence-corrected chi connectivity index (χ1v) is 3.02. The Bertz CT molecular complexity index is 49.0. The van der Waals surface area contributed by atoms with Gasteiger partial charge in [-0.2, -0.15) is 0 Å².